The van der Waals surface area contributed by atoms with E-state index in [-0.39, 0.29) is 18.4 Å². The summed E-state index contributed by atoms with van der Waals surface area (Å²) in [6, 6.07) is 7.80. The number of thioether (sulfide) groups is 1. The van der Waals surface area contributed by atoms with Crippen molar-refractivity contribution in [3.8, 4) is 0 Å². The molecule has 1 amide bonds. The van der Waals surface area contributed by atoms with Crippen LogP contribution in [-0.4, -0.2) is 41.4 Å². The number of hydrogen-bond acceptors (Lipinski definition) is 3. The first-order valence-electron chi connectivity index (χ1n) is 7.37. The van der Waals surface area contributed by atoms with Gasteiger partial charge < -0.3 is 10.0 Å². The minimum Gasteiger partial charge on any atom is -0.396 e. The quantitative estimate of drug-likeness (QED) is 0.671. The van der Waals surface area contributed by atoms with Crippen LogP contribution in [0.2, 0.25) is 0 Å². The molecule has 1 aliphatic heterocycles. The summed E-state index contributed by atoms with van der Waals surface area (Å²) in [6.07, 6.45) is 3.07. The normalized spacial score (nSPS) is 17.9. The van der Waals surface area contributed by atoms with E-state index < -0.39 is 0 Å². The monoisotopic (exact) mass is 305 g/mol. The molecule has 114 valence electrons. The molecular weight excluding hydrogens is 282 g/mol. The van der Waals surface area contributed by atoms with Gasteiger partial charge in [-0.15, -0.1) is 11.8 Å². The van der Waals surface area contributed by atoms with Gasteiger partial charge in [0.25, 0.3) is 5.91 Å². The van der Waals surface area contributed by atoms with E-state index in [0.717, 1.165) is 29.2 Å². The minimum atomic E-state index is 0.0891. The maximum absolute atomic E-state index is 12.6. The first kappa shape index (κ1) is 16.1. The van der Waals surface area contributed by atoms with E-state index in [1.807, 2.05) is 29.2 Å². The summed E-state index contributed by atoms with van der Waals surface area (Å²) in [5.41, 5.74) is 2.07. The Morgan fingerprint density at radius 2 is 2.19 bits per heavy atom. The van der Waals surface area contributed by atoms with Gasteiger partial charge in [0.15, 0.2) is 0 Å². The van der Waals surface area contributed by atoms with E-state index in [1.165, 1.54) is 5.57 Å². The summed E-state index contributed by atoms with van der Waals surface area (Å²) < 4.78 is 0. The van der Waals surface area contributed by atoms with Crippen LogP contribution in [0.15, 0.2) is 40.8 Å². The molecule has 1 saturated heterocycles. The van der Waals surface area contributed by atoms with Crippen LogP contribution in [-0.2, 0) is 0 Å². The van der Waals surface area contributed by atoms with Gasteiger partial charge in [-0.3, -0.25) is 4.79 Å². The van der Waals surface area contributed by atoms with Gasteiger partial charge in [0.05, 0.1) is 5.56 Å². The van der Waals surface area contributed by atoms with E-state index >= 15 is 0 Å². The zero-order valence-electron chi connectivity index (χ0n) is 12.7. The second-order valence-corrected chi connectivity index (χ2v) is 6.74. The number of aliphatic hydroxyl groups is 1. The highest BCUT2D eigenvalue weighted by atomic mass is 32.2. The van der Waals surface area contributed by atoms with Crippen LogP contribution in [0.4, 0.5) is 0 Å². The van der Waals surface area contributed by atoms with Crippen molar-refractivity contribution in [1.82, 2.24) is 4.90 Å². The molecule has 0 spiro atoms. The fourth-order valence-corrected chi connectivity index (χ4v) is 3.49. The largest absolute Gasteiger partial charge is 0.396 e. The fraction of sp³-hybridized carbons (Fsp3) is 0.471. The Kier molecular flexibility index (Phi) is 5.88. The van der Waals surface area contributed by atoms with Gasteiger partial charge in [-0.2, -0.15) is 0 Å². The molecule has 1 atom stereocenters. The van der Waals surface area contributed by atoms with Crippen molar-refractivity contribution in [2.24, 2.45) is 5.92 Å². The number of nitrogens with zero attached hydrogens (tertiary/aromatic N) is 1. The number of aliphatic hydroxyl groups excluding tert-OH is 1. The lowest BCUT2D eigenvalue weighted by molar-refractivity contribution is 0.0778. The number of carbonyl (C=O) groups is 1. The molecule has 1 aromatic carbocycles. The van der Waals surface area contributed by atoms with Crippen LogP contribution in [0.25, 0.3) is 0 Å². The zero-order valence-corrected chi connectivity index (χ0v) is 13.5. The van der Waals surface area contributed by atoms with Gasteiger partial charge >= 0.3 is 0 Å². The molecule has 0 unspecified atom stereocenters. The topological polar surface area (TPSA) is 40.5 Å². The third-order valence-electron chi connectivity index (χ3n) is 3.68. The van der Waals surface area contributed by atoms with E-state index in [4.69, 9.17) is 0 Å². The second kappa shape index (κ2) is 7.66. The van der Waals surface area contributed by atoms with Crippen molar-refractivity contribution in [2.75, 3.05) is 25.4 Å². The maximum Gasteiger partial charge on any atom is 0.254 e. The standard InChI is InChI=1S/C17H23NO2S/c1-13(2)8-10-21-16-6-4-3-5-15(16)17(20)18-9-7-14(11-18)12-19/h3-6,8,14,19H,7,9-12H2,1-2H3/t14-/m0/s1. The highest BCUT2D eigenvalue weighted by molar-refractivity contribution is 7.99. The van der Waals surface area contributed by atoms with Crippen molar-refractivity contribution >= 4 is 17.7 Å². The van der Waals surface area contributed by atoms with Crippen LogP contribution < -0.4 is 0 Å². The number of amides is 1. The molecule has 3 nitrogen and oxygen atoms in total. The van der Waals surface area contributed by atoms with Gasteiger partial charge in [0, 0.05) is 36.3 Å². The van der Waals surface area contributed by atoms with Crippen LogP contribution >= 0.6 is 11.8 Å². The van der Waals surface area contributed by atoms with Crippen molar-refractivity contribution in [3.63, 3.8) is 0 Å². The first-order chi connectivity index (χ1) is 10.1. The molecule has 1 N–H and O–H groups in total. The highest BCUT2D eigenvalue weighted by Gasteiger charge is 2.27. The SMILES string of the molecule is CC(C)=CCSc1ccccc1C(=O)N1CC[C@H](CO)C1. The molecule has 0 radical (unpaired) electrons. The number of carbonyl (C=O) groups excluding carboxylic acids is 1. The van der Waals surface area contributed by atoms with Crippen molar-refractivity contribution in [3.05, 3.63) is 41.5 Å². The molecule has 0 saturated carbocycles. The van der Waals surface area contributed by atoms with Crippen LogP contribution in [0.3, 0.4) is 0 Å². The van der Waals surface area contributed by atoms with Gasteiger partial charge in [-0.25, -0.2) is 0 Å². The lowest BCUT2D eigenvalue weighted by Crippen LogP contribution is -2.29. The Labute approximate surface area is 131 Å². The zero-order chi connectivity index (χ0) is 15.2. The molecule has 0 aromatic heterocycles. The number of allylic oxidation sites excluding steroid dienone is 1. The molecule has 1 fully saturated rings. The summed E-state index contributed by atoms with van der Waals surface area (Å²) in [7, 11) is 0. The lowest BCUT2D eigenvalue weighted by atomic mass is 10.1. The fourth-order valence-electron chi connectivity index (χ4n) is 2.40. The van der Waals surface area contributed by atoms with Crippen LogP contribution in [0, 0.1) is 5.92 Å². The number of likely N-dealkylation sites (tertiary alicyclic amines) is 1. The predicted octanol–water partition coefficient (Wildman–Crippen LogP) is 3.20. The summed E-state index contributed by atoms with van der Waals surface area (Å²) in [5.74, 6) is 1.21. The third-order valence-corrected chi connectivity index (χ3v) is 4.68. The Bertz CT molecular complexity index is 523. The van der Waals surface area contributed by atoms with E-state index in [2.05, 4.69) is 19.9 Å². The number of hydrogen-bond donors (Lipinski definition) is 1. The lowest BCUT2D eigenvalue weighted by Gasteiger charge is -2.18. The number of benzene rings is 1. The molecule has 0 bridgehead atoms. The summed E-state index contributed by atoms with van der Waals surface area (Å²) >= 11 is 1.70. The van der Waals surface area contributed by atoms with Crippen molar-refractivity contribution in [1.29, 1.82) is 0 Å². The van der Waals surface area contributed by atoms with Crippen LogP contribution in [0.1, 0.15) is 30.6 Å². The molecule has 4 heteroatoms. The first-order valence-corrected chi connectivity index (χ1v) is 8.35. The highest BCUT2D eigenvalue weighted by Crippen LogP contribution is 2.26. The second-order valence-electron chi connectivity index (χ2n) is 5.68. The Hall–Kier alpha value is -1.26. The van der Waals surface area contributed by atoms with Crippen LogP contribution in [0.5, 0.6) is 0 Å². The molecule has 1 heterocycles. The number of rotatable bonds is 5. The summed E-state index contributed by atoms with van der Waals surface area (Å²) in [4.78, 5) is 15.5. The van der Waals surface area contributed by atoms with Crippen molar-refractivity contribution < 1.29 is 9.90 Å². The molecular formula is C17H23NO2S. The molecule has 1 aliphatic rings. The third kappa shape index (κ3) is 4.35. The van der Waals surface area contributed by atoms with E-state index in [0.29, 0.717) is 6.54 Å². The van der Waals surface area contributed by atoms with Gasteiger partial charge in [-0.1, -0.05) is 23.8 Å². The summed E-state index contributed by atoms with van der Waals surface area (Å²) in [5, 5.41) is 9.21. The van der Waals surface area contributed by atoms with Gasteiger partial charge in [-0.05, 0) is 32.4 Å². The Morgan fingerprint density at radius 1 is 1.43 bits per heavy atom. The molecule has 21 heavy (non-hydrogen) atoms. The average Bonchev–Trinajstić information content (AvgIpc) is 2.95. The van der Waals surface area contributed by atoms with E-state index in [1.54, 1.807) is 11.8 Å². The van der Waals surface area contributed by atoms with Gasteiger partial charge in [0.1, 0.15) is 0 Å². The Morgan fingerprint density at radius 3 is 2.86 bits per heavy atom. The van der Waals surface area contributed by atoms with Crippen molar-refractivity contribution in [2.45, 2.75) is 25.2 Å². The average molecular weight is 305 g/mol. The smallest absolute Gasteiger partial charge is 0.254 e. The van der Waals surface area contributed by atoms with Gasteiger partial charge in [0.2, 0.25) is 0 Å². The van der Waals surface area contributed by atoms with E-state index in [9.17, 15) is 9.90 Å². The Balaban J connectivity index is 2.08. The maximum atomic E-state index is 12.6. The molecule has 0 aliphatic carbocycles. The molecule has 1 aromatic rings. The minimum absolute atomic E-state index is 0.0891. The molecule has 2 rings (SSSR count). The predicted molar refractivity (Wildman–Crippen MR) is 87.7 cm³/mol. The summed E-state index contributed by atoms with van der Waals surface area (Å²) in [6.45, 7) is 5.74.